The number of pyridine rings is 1. The van der Waals surface area contributed by atoms with Gasteiger partial charge in [0.15, 0.2) is 11.4 Å². The minimum absolute atomic E-state index is 0.00323. The van der Waals surface area contributed by atoms with E-state index in [1.54, 1.807) is 29.6 Å². The van der Waals surface area contributed by atoms with E-state index in [2.05, 4.69) is 33.7 Å². The summed E-state index contributed by atoms with van der Waals surface area (Å²) in [5, 5.41) is 1.40. The Balaban J connectivity index is 1.73. The van der Waals surface area contributed by atoms with Gasteiger partial charge >= 0.3 is 6.09 Å². The molecule has 10 heteroatoms. The molecule has 4 rings (SSSR count). The van der Waals surface area contributed by atoms with Gasteiger partial charge in [0.2, 0.25) is 0 Å². The first-order chi connectivity index (χ1) is 16.6. The van der Waals surface area contributed by atoms with Gasteiger partial charge in [0.25, 0.3) is 0 Å². The van der Waals surface area contributed by atoms with Gasteiger partial charge < -0.3 is 19.3 Å². The van der Waals surface area contributed by atoms with Crippen LogP contribution in [0, 0.1) is 0 Å². The number of carbonyl (C=O) groups is 1. The average Bonchev–Trinajstić information content (AvgIpc) is 3.16. The molecule has 0 N–H and O–H groups in total. The second-order valence-corrected chi connectivity index (χ2v) is 10.4. The van der Waals surface area contributed by atoms with E-state index in [-0.39, 0.29) is 18.2 Å². The van der Waals surface area contributed by atoms with E-state index >= 15 is 0 Å². The summed E-state index contributed by atoms with van der Waals surface area (Å²) in [4.78, 5) is 30.5. The Hall–Kier alpha value is -3.07. The predicted molar refractivity (Wildman–Crippen MR) is 137 cm³/mol. The summed E-state index contributed by atoms with van der Waals surface area (Å²) in [5.41, 5.74) is 0.143. The van der Waals surface area contributed by atoms with Crippen molar-refractivity contribution in [1.29, 1.82) is 0 Å². The summed E-state index contributed by atoms with van der Waals surface area (Å²) in [5.74, 6) is 2.10. The molecule has 1 saturated heterocycles. The second-order valence-electron chi connectivity index (χ2n) is 9.92. The number of piperazine rings is 1. The third kappa shape index (κ3) is 5.29. The van der Waals surface area contributed by atoms with Crippen molar-refractivity contribution in [3.05, 3.63) is 35.9 Å². The number of rotatable bonds is 5. The minimum atomic E-state index is -0.543. The summed E-state index contributed by atoms with van der Waals surface area (Å²) in [6.07, 6.45) is 5.68. The van der Waals surface area contributed by atoms with Crippen molar-refractivity contribution in [3.8, 4) is 11.6 Å². The molecule has 1 fully saturated rings. The fourth-order valence-electron chi connectivity index (χ4n) is 4.25. The zero-order valence-electron chi connectivity index (χ0n) is 21.2. The standard InChI is InChI=1S/C25H33ClN6O3/c1-7-10-34-19-14-32(20-11-18(26)8-9-27-20)23-21(19)22(28-15-29-23)30-12-17(3)31(13-16(30)2)24(33)35-25(4,5)6/h8-9,11,14-17H,7,10,12-13H2,1-6H3. The van der Waals surface area contributed by atoms with E-state index in [4.69, 9.17) is 21.1 Å². The molecular formula is C25H33ClN6O3. The number of halogens is 1. The lowest BCUT2D eigenvalue weighted by atomic mass is 10.1. The lowest BCUT2D eigenvalue weighted by Gasteiger charge is -2.44. The molecule has 9 nitrogen and oxygen atoms in total. The molecule has 1 amide bonds. The molecule has 3 aromatic heterocycles. The maximum atomic E-state index is 12.8. The minimum Gasteiger partial charge on any atom is -0.491 e. The van der Waals surface area contributed by atoms with Crippen LogP contribution in [0.2, 0.25) is 5.02 Å². The van der Waals surface area contributed by atoms with Crippen molar-refractivity contribution in [2.24, 2.45) is 0 Å². The molecule has 0 bridgehead atoms. The third-order valence-electron chi connectivity index (χ3n) is 5.83. The first kappa shape index (κ1) is 25.0. The van der Waals surface area contributed by atoms with Crippen LogP contribution < -0.4 is 9.64 Å². The number of amides is 1. The molecule has 2 unspecified atom stereocenters. The maximum absolute atomic E-state index is 12.8. The van der Waals surface area contributed by atoms with Gasteiger partial charge in [0.05, 0.1) is 12.8 Å². The molecule has 0 saturated carbocycles. The van der Waals surface area contributed by atoms with Gasteiger partial charge in [-0.25, -0.2) is 19.7 Å². The zero-order valence-corrected chi connectivity index (χ0v) is 21.9. The number of fused-ring (bicyclic) bond motifs is 1. The van der Waals surface area contributed by atoms with E-state index < -0.39 is 5.60 Å². The highest BCUT2D eigenvalue weighted by molar-refractivity contribution is 6.30. The van der Waals surface area contributed by atoms with Gasteiger partial charge in [-0.3, -0.25) is 4.57 Å². The number of anilines is 1. The molecular weight excluding hydrogens is 468 g/mol. The second kappa shape index (κ2) is 9.89. The summed E-state index contributed by atoms with van der Waals surface area (Å²) in [6.45, 7) is 13.5. The van der Waals surface area contributed by atoms with Gasteiger partial charge in [0, 0.05) is 42.5 Å². The molecule has 4 heterocycles. The fraction of sp³-hybridized carbons (Fsp3) is 0.520. The number of ether oxygens (including phenoxy) is 2. The molecule has 3 aromatic rings. The number of hydrogen-bond acceptors (Lipinski definition) is 7. The Morgan fingerprint density at radius 2 is 1.94 bits per heavy atom. The summed E-state index contributed by atoms with van der Waals surface area (Å²) in [6, 6.07) is 3.46. The molecule has 0 aliphatic carbocycles. The summed E-state index contributed by atoms with van der Waals surface area (Å²) >= 11 is 6.24. The Morgan fingerprint density at radius 1 is 1.17 bits per heavy atom. The maximum Gasteiger partial charge on any atom is 0.410 e. The smallest absolute Gasteiger partial charge is 0.410 e. The molecule has 188 valence electrons. The lowest BCUT2D eigenvalue weighted by molar-refractivity contribution is 0.0130. The highest BCUT2D eigenvalue weighted by atomic mass is 35.5. The zero-order chi connectivity index (χ0) is 25.3. The van der Waals surface area contributed by atoms with Crippen molar-refractivity contribution in [2.75, 3.05) is 24.6 Å². The van der Waals surface area contributed by atoms with Crippen LogP contribution in [0.25, 0.3) is 16.9 Å². The van der Waals surface area contributed by atoms with E-state index in [0.29, 0.717) is 41.9 Å². The van der Waals surface area contributed by atoms with E-state index in [0.717, 1.165) is 17.6 Å². The van der Waals surface area contributed by atoms with Crippen LogP contribution >= 0.6 is 11.6 Å². The Bertz CT molecular complexity index is 1210. The number of nitrogens with zero attached hydrogens (tertiary/aromatic N) is 6. The number of hydrogen-bond donors (Lipinski definition) is 0. The van der Waals surface area contributed by atoms with Crippen LogP contribution in [0.15, 0.2) is 30.9 Å². The van der Waals surface area contributed by atoms with Crippen LogP contribution in [0.5, 0.6) is 5.75 Å². The summed E-state index contributed by atoms with van der Waals surface area (Å²) < 4.78 is 13.6. The molecule has 35 heavy (non-hydrogen) atoms. The largest absolute Gasteiger partial charge is 0.491 e. The summed E-state index contributed by atoms with van der Waals surface area (Å²) in [7, 11) is 0. The third-order valence-corrected chi connectivity index (χ3v) is 6.07. The fourth-order valence-corrected chi connectivity index (χ4v) is 4.40. The van der Waals surface area contributed by atoms with Gasteiger partial charge in [-0.15, -0.1) is 0 Å². The topological polar surface area (TPSA) is 85.6 Å². The van der Waals surface area contributed by atoms with E-state index in [1.807, 2.05) is 38.5 Å². The van der Waals surface area contributed by atoms with E-state index in [1.165, 1.54) is 0 Å². The van der Waals surface area contributed by atoms with Gasteiger partial charge in [-0.1, -0.05) is 18.5 Å². The predicted octanol–water partition coefficient (Wildman–Crippen LogP) is 5.09. The van der Waals surface area contributed by atoms with Crippen molar-refractivity contribution in [3.63, 3.8) is 0 Å². The molecule has 0 radical (unpaired) electrons. The van der Waals surface area contributed by atoms with Gasteiger partial charge in [0.1, 0.15) is 29.0 Å². The van der Waals surface area contributed by atoms with Crippen molar-refractivity contribution >= 4 is 34.5 Å². The highest BCUT2D eigenvalue weighted by Crippen LogP contribution is 2.37. The van der Waals surface area contributed by atoms with Crippen LogP contribution in [-0.4, -0.2) is 67.9 Å². The highest BCUT2D eigenvalue weighted by Gasteiger charge is 2.36. The number of carbonyl (C=O) groups excluding carboxylic acids is 1. The Morgan fingerprint density at radius 3 is 2.63 bits per heavy atom. The van der Waals surface area contributed by atoms with Crippen LogP contribution in [0.4, 0.5) is 10.6 Å². The monoisotopic (exact) mass is 500 g/mol. The van der Waals surface area contributed by atoms with Crippen molar-refractivity contribution < 1.29 is 14.3 Å². The van der Waals surface area contributed by atoms with Crippen LogP contribution in [0.1, 0.15) is 48.0 Å². The van der Waals surface area contributed by atoms with Gasteiger partial charge in [-0.05, 0) is 47.1 Å². The normalized spacial score (nSPS) is 18.7. The molecule has 0 spiro atoms. The molecule has 0 aromatic carbocycles. The first-order valence-electron chi connectivity index (χ1n) is 12.0. The lowest BCUT2D eigenvalue weighted by Crippen LogP contribution is -2.59. The number of aromatic nitrogens is 4. The molecule has 2 atom stereocenters. The van der Waals surface area contributed by atoms with Crippen molar-refractivity contribution in [2.45, 2.75) is 65.6 Å². The molecule has 1 aliphatic heterocycles. The SMILES string of the molecule is CCCOc1cn(-c2cc(Cl)ccn2)c2ncnc(N3CC(C)N(C(=O)OC(C)(C)C)CC3C)c12. The van der Waals surface area contributed by atoms with Crippen LogP contribution in [-0.2, 0) is 4.74 Å². The molecule has 1 aliphatic rings. The van der Waals surface area contributed by atoms with E-state index in [9.17, 15) is 4.79 Å². The van der Waals surface area contributed by atoms with Gasteiger partial charge in [-0.2, -0.15) is 0 Å². The quantitative estimate of drug-likeness (QED) is 0.482. The van der Waals surface area contributed by atoms with Crippen LogP contribution in [0.3, 0.4) is 0 Å². The Labute approximate surface area is 211 Å². The Kier molecular flexibility index (Phi) is 7.07. The van der Waals surface area contributed by atoms with Crippen molar-refractivity contribution in [1.82, 2.24) is 24.4 Å². The first-order valence-corrected chi connectivity index (χ1v) is 12.3. The average molecular weight is 501 g/mol.